The number of Topliss-reactive ketones (excluding diaryl/α,β-unsaturated/α-hetero) is 1. The van der Waals surface area contributed by atoms with E-state index in [0.29, 0.717) is 5.02 Å². The summed E-state index contributed by atoms with van der Waals surface area (Å²) in [6, 6.07) is 6.03. The van der Waals surface area contributed by atoms with Gasteiger partial charge in [0.15, 0.2) is 5.78 Å². The summed E-state index contributed by atoms with van der Waals surface area (Å²) in [6.07, 6.45) is -0.648. The standard InChI is InChI=1S/C17H20ClNO6/c1-4-24-15(22)17(19-11(3)20,16(23)25-5-2)10-14(21)12-7-6-8-13(18)9-12/h6-9H,4-5,10H2,1-3H3,(H,19,20). The molecule has 0 aliphatic carbocycles. The van der Waals surface area contributed by atoms with Crippen molar-refractivity contribution in [3.8, 4) is 0 Å². The number of halogens is 1. The summed E-state index contributed by atoms with van der Waals surface area (Å²) in [5.74, 6) is -3.37. The third-order valence-corrected chi connectivity index (χ3v) is 3.44. The van der Waals surface area contributed by atoms with Crippen molar-refractivity contribution in [1.82, 2.24) is 5.32 Å². The minimum atomic E-state index is -2.25. The number of carbonyl (C=O) groups is 4. The van der Waals surface area contributed by atoms with Gasteiger partial charge in [-0.15, -0.1) is 0 Å². The van der Waals surface area contributed by atoms with Gasteiger partial charge < -0.3 is 14.8 Å². The number of amides is 1. The lowest BCUT2D eigenvalue weighted by Crippen LogP contribution is -2.62. The van der Waals surface area contributed by atoms with Gasteiger partial charge in [0.05, 0.1) is 19.6 Å². The van der Waals surface area contributed by atoms with E-state index in [9.17, 15) is 19.2 Å². The van der Waals surface area contributed by atoms with Crippen molar-refractivity contribution in [2.75, 3.05) is 13.2 Å². The van der Waals surface area contributed by atoms with Crippen molar-refractivity contribution in [3.05, 3.63) is 34.9 Å². The van der Waals surface area contributed by atoms with Gasteiger partial charge in [0.1, 0.15) is 0 Å². The fourth-order valence-electron chi connectivity index (χ4n) is 2.19. The Bertz CT molecular complexity index is 655. The highest BCUT2D eigenvalue weighted by molar-refractivity contribution is 6.31. The highest BCUT2D eigenvalue weighted by Crippen LogP contribution is 2.21. The molecule has 1 N–H and O–H groups in total. The van der Waals surface area contributed by atoms with Crippen molar-refractivity contribution in [3.63, 3.8) is 0 Å². The van der Waals surface area contributed by atoms with E-state index in [-0.39, 0.29) is 18.8 Å². The van der Waals surface area contributed by atoms with Gasteiger partial charge in [-0.3, -0.25) is 9.59 Å². The predicted octanol–water partition coefficient (Wildman–Crippen LogP) is 1.91. The third-order valence-electron chi connectivity index (χ3n) is 3.21. The first-order valence-electron chi connectivity index (χ1n) is 7.68. The Balaban J connectivity index is 3.31. The zero-order valence-corrected chi connectivity index (χ0v) is 15.0. The average Bonchev–Trinajstić information content (AvgIpc) is 2.54. The van der Waals surface area contributed by atoms with Crippen molar-refractivity contribution in [2.45, 2.75) is 32.7 Å². The van der Waals surface area contributed by atoms with E-state index in [1.807, 2.05) is 0 Å². The molecule has 0 aliphatic heterocycles. The maximum absolute atomic E-state index is 12.6. The normalized spacial score (nSPS) is 10.7. The molecule has 0 unspecified atom stereocenters. The summed E-state index contributed by atoms with van der Waals surface area (Å²) >= 11 is 5.86. The summed E-state index contributed by atoms with van der Waals surface area (Å²) in [4.78, 5) is 49.0. The molecule has 0 saturated carbocycles. The fraction of sp³-hybridized carbons (Fsp3) is 0.412. The first-order chi connectivity index (χ1) is 11.8. The van der Waals surface area contributed by atoms with Gasteiger partial charge in [0.2, 0.25) is 11.4 Å². The summed E-state index contributed by atoms with van der Waals surface area (Å²) < 4.78 is 9.81. The Labute approximate surface area is 150 Å². The van der Waals surface area contributed by atoms with E-state index in [0.717, 1.165) is 6.92 Å². The number of esters is 2. The lowest BCUT2D eigenvalue weighted by atomic mass is 9.90. The maximum atomic E-state index is 12.6. The monoisotopic (exact) mass is 369 g/mol. The summed E-state index contributed by atoms with van der Waals surface area (Å²) in [5, 5.41) is 2.56. The average molecular weight is 370 g/mol. The molecule has 8 heteroatoms. The van der Waals surface area contributed by atoms with E-state index < -0.39 is 35.6 Å². The molecule has 0 radical (unpaired) electrons. The molecule has 136 valence electrons. The largest absolute Gasteiger partial charge is 0.464 e. The van der Waals surface area contributed by atoms with Crippen LogP contribution < -0.4 is 5.32 Å². The molecule has 1 aromatic carbocycles. The molecule has 0 atom stereocenters. The molecular formula is C17H20ClNO6. The lowest BCUT2D eigenvalue weighted by Gasteiger charge is -2.29. The minimum Gasteiger partial charge on any atom is -0.464 e. The van der Waals surface area contributed by atoms with Gasteiger partial charge in [0, 0.05) is 17.5 Å². The van der Waals surface area contributed by atoms with Crippen LogP contribution in [-0.2, 0) is 23.9 Å². The molecule has 7 nitrogen and oxygen atoms in total. The molecule has 0 aromatic heterocycles. The second-order valence-corrected chi connectivity index (χ2v) is 5.57. The minimum absolute atomic E-state index is 0.0368. The summed E-state index contributed by atoms with van der Waals surface area (Å²) in [5.41, 5.74) is -2.06. The first-order valence-corrected chi connectivity index (χ1v) is 8.06. The Hall–Kier alpha value is -2.41. The molecule has 1 rings (SSSR count). The van der Waals surface area contributed by atoms with Gasteiger partial charge in [-0.1, -0.05) is 23.7 Å². The SMILES string of the molecule is CCOC(=O)C(CC(=O)c1cccc(Cl)c1)(NC(C)=O)C(=O)OCC. The zero-order valence-electron chi connectivity index (χ0n) is 14.3. The van der Waals surface area contributed by atoms with Gasteiger partial charge in [-0.2, -0.15) is 0 Å². The third kappa shape index (κ3) is 5.29. The Kier molecular flexibility index (Phi) is 7.57. The summed E-state index contributed by atoms with van der Waals surface area (Å²) in [6.45, 7) is 4.13. The number of hydrogen-bond donors (Lipinski definition) is 1. The zero-order chi connectivity index (χ0) is 19.0. The van der Waals surface area contributed by atoms with Crippen LogP contribution in [0.15, 0.2) is 24.3 Å². The molecule has 0 fully saturated rings. The topological polar surface area (TPSA) is 98.8 Å². The van der Waals surface area contributed by atoms with E-state index in [2.05, 4.69) is 5.32 Å². The Morgan fingerprint density at radius 2 is 1.64 bits per heavy atom. The molecule has 0 saturated heterocycles. The van der Waals surface area contributed by atoms with Gasteiger partial charge >= 0.3 is 11.9 Å². The van der Waals surface area contributed by atoms with Crippen LogP contribution >= 0.6 is 11.6 Å². The summed E-state index contributed by atoms with van der Waals surface area (Å²) in [7, 11) is 0. The Morgan fingerprint density at radius 1 is 1.08 bits per heavy atom. The number of nitrogens with one attached hydrogen (secondary N) is 1. The first kappa shape index (κ1) is 20.6. The number of benzene rings is 1. The van der Waals surface area contributed by atoms with E-state index in [1.165, 1.54) is 12.1 Å². The highest BCUT2D eigenvalue weighted by atomic mass is 35.5. The molecule has 0 spiro atoms. The van der Waals surface area contributed by atoms with Crippen LogP contribution in [0.5, 0.6) is 0 Å². The van der Waals surface area contributed by atoms with Crippen molar-refractivity contribution in [2.24, 2.45) is 0 Å². The lowest BCUT2D eigenvalue weighted by molar-refractivity contribution is -0.167. The molecule has 0 heterocycles. The highest BCUT2D eigenvalue weighted by Gasteiger charge is 2.51. The van der Waals surface area contributed by atoms with Crippen molar-refractivity contribution < 1.29 is 28.7 Å². The van der Waals surface area contributed by atoms with Crippen LogP contribution in [0, 0.1) is 0 Å². The van der Waals surface area contributed by atoms with Gasteiger partial charge in [-0.25, -0.2) is 9.59 Å². The molecule has 0 bridgehead atoms. The van der Waals surface area contributed by atoms with E-state index in [1.54, 1.807) is 26.0 Å². The quantitative estimate of drug-likeness (QED) is 0.427. The van der Waals surface area contributed by atoms with Gasteiger partial charge in [0.25, 0.3) is 0 Å². The van der Waals surface area contributed by atoms with Crippen molar-refractivity contribution >= 4 is 35.2 Å². The van der Waals surface area contributed by atoms with E-state index in [4.69, 9.17) is 21.1 Å². The van der Waals surface area contributed by atoms with E-state index >= 15 is 0 Å². The number of carbonyl (C=O) groups excluding carboxylic acids is 4. The smallest absolute Gasteiger partial charge is 0.344 e. The predicted molar refractivity (Wildman–Crippen MR) is 90.2 cm³/mol. The van der Waals surface area contributed by atoms with Crippen LogP contribution in [0.2, 0.25) is 5.02 Å². The second kappa shape index (κ2) is 9.17. The van der Waals surface area contributed by atoms with Crippen LogP contribution in [0.25, 0.3) is 0 Å². The molecule has 0 aliphatic rings. The number of rotatable bonds is 8. The maximum Gasteiger partial charge on any atom is 0.344 e. The number of ether oxygens (including phenoxy) is 2. The molecule has 1 amide bonds. The molecule has 1 aromatic rings. The fourth-order valence-corrected chi connectivity index (χ4v) is 2.38. The van der Waals surface area contributed by atoms with Gasteiger partial charge in [-0.05, 0) is 26.0 Å². The second-order valence-electron chi connectivity index (χ2n) is 5.14. The molecular weight excluding hydrogens is 350 g/mol. The van der Waals surface area contributed by atoms with Crippen LogP contribution in [0.1, 0.15) is 37.6 Å². The molecule has 25 heavy (non-hydrogen) atoms. The van der Waals surface area contributed by atoms with Crippen LogP contribution in [-0.4, -0.2) is 42.4 Å². The van der Waals surface area contributed by atoms with Crippen LogP contribution in [0.4, 0.5) is 0 Å². The van der Waals surface area contributed by atoms with Crippen molar-refractivity contribution in [1.29, 1.82) is 0 Å². The van der Waals surface area contributed by atoms with Crippen LogP contribution in [0.3, 0.4) is 0 Å². The number of ketones is 1. The number of hydrogen-bond acceptors (Lipinski definition) is 6. The Morgan fingerprint density at radius 3 is 2.08 bits per heavy atom.